The highest BCUT2D eigenvalue weighted by molar-refractivity contribution is 5.83. The molecule has 9 nitrogen and oxygen atoms in total. The van der Waals surface area contributed by atoms with Gasteiger partial charge in [-0.3, -0.25) is 9.59 Å². The van der Waals surface area contributed by atoms with Gasteiger partial charge in [0.05, 0.1) is 36.7 Å². The molecule has 0 aliphatic carbocycles. The summed E-state index contributed by atoms with van der Waals surface area (Å²) in [6, 6.07) is 3.93. The maximum Gasteiger partial charge on any atom is 0.224 e. The zero-order valence-electron chi connectivity index (χ0n) is 41.5. The Balaban J connectivity index is 3.97. The van der Waals surface area contributed by atoms with E-state index in [2.05, 4.69) is 85.8 Å². The number of amides is 2. The molecule has 54 heavy (non-hydrogen) atoms. The second-order valence-electron chi connectivity index (χ2n) is 18.2. The topological polar surface area (TPSA) is 112 Å². The van der Waals surface area contributed by atoms with Crippen LogP contribution < -0.4 is 20.5 Å². The van der Waals surface area contributed by atoms with Crippen LogP contribution in [0.5, 0.6) is 11.5 Å². The number of hydrogen-bond donors (Lipinski definition) is 2. The van der Waals surface area contributed by atoms with Gasteiger partial charge in [-0.2, -0.15) is 0 Å². The zero-order chi connectivity index (χ0) is 45.4. The van der Waals surface area contributed by atoms with Gasteiger partial charge >= 0.3 is 0 Å². The fourth-order valence-electron chi connectivity index (χ4n) is 8.77. The molecule has 0 radical (unpaired) electrons. The average Bonchev–Trinajstić information content (AvgIpc) is 3.09. The van der Waals surface area contributed by atoms with Crippen molar-refractivity contribution in [2.24, 2.45) is 51.6 Å². The van der Waals surface area contributed by atoms with Crippen LogP contribution in [-0.4, -0.2) is 82.9 Å². The SMILES string of the molecule is [2H]C([2H])(OC)C(C)(C)C([2H])([2H])Oc1cc(C[C@@](C)(C[C@@](C)([C@H](C[C@H](C(=O)NCC(C)(C)C(N)=O)C(CC)C(C)C)OC)N(C)C)C(CC)C(C)C)cc(C)c1OCC. The Kier molecular flexibility index (Phi) is 16.8. The molecule has 3 N–H and O–H groups in total. The lowest BCUT2D eigenvalue weighted by Gasteiger charge is -2.51. The van der Waals surface area contributed by atoms with Gasteiger partial charge in [-0.15, -0.1) is 0 Å². The number of benzene rings is 1. The van der Waals surface area contributed by atoms with Crippen LogP contribution in [0.3, 0.4) is 0 Å². The van der Waals surface area contributed by atoms with Crippen LogP contribution >= 0.6 is 0 Å². The highest BCUT2D eigenvalue weighted by Gasteiger charge is 2.48. The Hall–Kier alpha value is -2.36. The maximum absolute atomic E-state index is 14.2. The molecule has 314 valence electrons. The second-order valence-corrected chi connectivity index (χ2v) is 18.2. The number of nitrogens with one attached hydrogen (secondary N) is 1. The summed E-state index contributed by atoms with van der Waals surface area (Å²) < 4.78 is 58.7. The molecule has 0 saturated carbocycles. The van der Waals surface area contributed by atoms with Crippen molar-refractivity contribution in [3.05, 3.63) is 23.3 Å². The van der Waals surface area contributed by atoms with E-state index in [1.165, 1.54) is 21.0 Å². The molecule has 0 heterocycles. The van der Waals surface area contributed by atoms with Crippen molar-refractivity contribution in [3.8, 4) is 11.5 Å². The molecule has 0 saturated heterocycles. The fourth-order valence-corrected chi connectivity index (χ4v) is 8.77. The quantitative estimate of drug-likeness (QED) is 0.0971. The first-order valence-electron chi connectivity index (χ1n) is 22.2. The number of rotatable bonds is 26. The van der Waals surface area contributed by atoms with Gasteiger partial charge in [0.15, 0.2) is 11.5 Å². The molecule has 1 aromatic rings. The van der Waals surface area contributed by atoms with Gasteiger partial charge in [-0.05, 0) is 114 Å². The normalized spacial score (nSPS) is 18.8. The van der Waals surface area contributed by atoms with Crippen molar-refractivity contribution < 1.29 is 34.0 Å². The number of hydrogen-bond acceptors (Lipinski definition) is 7. The fraction of sp³-hybridized carbons (Fsp3) is 0.822. The van der Waals surface area contributed by atoms with Crippen LogP contribution in [0.25, 0.3) is 0 Å². The van der Waals surface area contributed by atoms with Crippen LogP contribution in [0.2, 0.25) is 0 Å². The molecule has 0 aliphatic heterocycles. The van der Waals surface area contributed by atoms with Crippen molar-refractivity contribution >= 4 is 11.8 Å². The number of carbonyl (C=O) groups is 2. The van der Waals surface area contributed by atoms with Gasteiger partial charge in [-0.1, -0.05) is 81.2 Å². The highest BCUT2D eigenvalue weighted by Crippen LogP contribution is 2.48. The van der Waals surface area contributed by atoms with E-state index in [4.69, 9.17) is 30.2 Å². The van der Waals surface area contributed by atoms with Gasteiger partial charge < -0.3 is 34.9 Å². The van der Waals surface area contributed by atoms with Crippen LogP contribution in [0.15, 0.2) is 12.1 Å². The first-order chi connectivity index (χ1) is 26.4. The number of likely N-dealkylation sites (N-methyl/N-ethyl adjacent to an activating group) is 1. The first kappa shape index (κ1) is 42.8. The van der Waals surface area contributed by atoms with Gasteiger partial charge in [-0.25, -0.2) is 0 Å². The van der Waals surface area contributed by atoms with Crippen LogP contribution in [-0.2, 0) is 25.5 Å². The van der Waals surface area contributed by atoms with Gasteiger partial charge in [0.1, 0.15) is 0 Å². The van der Waals surface area contributed by atoms with Crippen LogP contribution in [0, 0.1) is 52.8 Å². The number of carbonyl (C=O) groups excluding carboxylic acids is 2. The van der Waals surface area contributed by atoms with Crippen molar-refractivity contribution in [2.75, 3.05) is 54.6 Å². The molecule has 1 aromatic carbocycles. The van der Waals surface area contributed by atoms with Crippen molar-refractivity contribution in [2.45, 2.75) is 141 Å². The Labute approximate surface area is 337 Å². The van der Waals surface area contributed by atoms with Gasteiger partial charge in [0.2, 0.25) is 11.8 Å². The highest BCUT2D eigenvalue weighted by atomic mass is 16.5. The van der Waals surface area contributed by atoms with Crippen molar-refractivity contribution in [1.29, 1.82) is 0 Å². The summed E-state index contributed by atoms with van der Waals surface area (Å²) in [4.78, 5) is 28.6. The zero-order valence-corrected chi connectivity index (χ0v) is 37.5. The molecule has 0 spiro atoms. The number of ether oxygens (including phenoxy) is 4. The Bertz CT molecular complexity index is 1490. The monoisotopic (exact) mass is 766 g/mol. The van der Waals surface area contributed by atoms with Gasteiger partial charge in [0, 0.05) is 37.6 Å². The van der Waals surface area contributed by atoms with E-state index < -0.39 is 35.4 Å². The maximum atomic E-state index is 14.2. The summed E-state index contributed by atoms with van der Waals surface area (Å²) in [7, 11) is 7.09. The Morgan fingerprint density at radius 1 is 0.926 bits per heavy atom. The smallest absolute Gasteiger partial charge is 0.224 e. The Morgan fingerprint density at radius 2 is 1.54 bits per heavy atom. The molecule has 6 atom stereocenters. The third-order valence-corrected chi connectivity index (χ3v) is 11.9. The molecular formula is C45H83N3O6. The third kappa shape index (κ3) is 13.4. The van der Waals surface area contributed by atoms with E-state index in [1.54, 1.807) is 21.0 Å². The minimum absolute atomic E-state index is 0.0711. The number of nitrogens with zero attached hydrogens (tertiary/aromatic N) is 1. The number of primary amides is 1. The molecule has 1 rings (SSSR count). The Morgan fingerprint density at radius 3 is 1.98 bits per heavy atom. The van der Waals surface area contributed by atoms with E-state index in [0.717, 1.165) is 24.0 Å². The number of nitrogens with two attached hydrogens (primary N) is 1. The van der Waals surface area contributed by atoms with Gasteiger partial charge in [0.25, 0.3) is 0 Å². The standard InChI is InChI=1S/C45H83N3O6/c1-19-34(30(4)5)35(40(49)47-27-43(11,12)41(46)50)24-38(52-18)45(14,48(15)16)26-44(13,36(20-2)31(6)7)25-33-22-32(8)39(53-21-3)37(23-33)54-29-42(9,10)28-51-17/h22-23,30-31,34-36,38H,19-21,24-29H2,1-18H3,(H2,46,50)(H,47,49)/t34?,35-,36?,38-,44-,45-/m0/s1/i28D2,29D2. The number of methoxy groups -OCH3 is 2. The predicted molar refractivity (Wildman–Crippen MR) is 224 cm³/mol. The number of aryl methyl sites for hydroxylation is 1. The molecule has 0 aromatic heterocycles. The van der Waals surface area contributed by atoms with Crippen LogP contribution in [0.4, 0.5) is 0 Å². The van der Waals surface area contributed by atoms with E-state index in [-0.39, 0.29) is 53.4 Å². The van der Waals surface area contributed by atoms with Crippen LogP contribution in [0.1, 0.15) is 132 Å². The molecule has 2 amide bonds. The molecule has 2 unspecified atom stereocenters. The molecule has 0 aliphatic rings. The molecule has 0 fully saturated rings. The lowest BCUT2D eigenvalue weighted by atomic mass is 9.60. The van der Waals surface area contributed by atoms with E-state index >= 15 is 0 Å². The molecule has 0 bridgehead atoms. The third-order valence-electron chi connectivity index (χ3n) is 11.9. The lowest BCUT2D eigenvalue weighted by molar-refractivity contribution is -0.133. The lowest BCUT2D eigenvalue weighted by Crippen LogP contribution is -2.57. The summed E-state index contributed by atoms with van der Waals surface area (Å²) in [5, 5.41) is 3.08. The summed E-state index contributed by atoms with van der Waals surface area (Å²) in [5.41, 5.74) is 3.90. The van der Waals surface area contributed by atoms with E-state index in [1.807, 2.05) is 19.9 Å². The minimum Gasteiger partial charge on any atom is -0.490 e. The molecular weight excluding hydrogens is 679 g/mol. The van der Waals surface area contributed by atoms with Crippen molar-refractivity contribution in [1.82, 2.24) is 10.2 Å². The largest absolute Gasteiger partial charge is 0.490 e. The summed E-state index contributed by atoms with van der Waals surface area (Å²) in [6.07, 6.45) is 3.16. The predicted octanol–water partition coefficient (Wildman–Crippen LogP) is 8.72. The summed E-state index contributed by atoms with van der Waals surface area (Å²) in [6.45, 7) is 23.5. The first-order valence-corrected chi connectivity index (χ1v) is 20.2. The van der Waals surface area contributed by atoms with E-state index in [0.29, 0.717) is 37.5 Å². The summed E-state index contributed by atoms with van der Waals surface area (Å²) >= 11 is 0. The molecule has 9 heteroatoms. The van der Waals surface area contributed by atoms with E-state index in [9.17, 15) is 9.59 Å². The average molecular weight is 766 g/mol. The summed E-state index contributed by atoms with van der Waals surface area (Å²) in [5.74, 6) is 0.553. The minimum atomic E-state index is -2.49. The second kappa shape index (κ2) is 21.2. The van der Waals surface area contributed by atoms with Crippen molar-refractivity contribution in [3.63, 3.8) is 0 Å².